The molecule has 1 saturated heterocycles. The van der Waals surface area contributed by atoms with Crippen LogP contribution in [0.25, 0.3) is 5.52 Å². The Bertz CT molecular complexity index is 1660. The van der Waals surface area contributed by atoms with E-state index in [1.807, 2.05) is 0 Å². The van der Waals surface area contributed by atoms with Crippen molar-refractivity contribution >= 4 is 37.0 Å². The van der Waals surface area contributed by atoms with E-state index in [1.54, 1.807) is 58.0 Å². The molecule has 1 aromatic carbocycles. The van der Waals surface area contributed by atoms with E-state index in [9.17, 15) is 24.1 Å². The molecule has 6 atom stereocenters. The van der Waals surface area contributed by atoms with Crippen molar-refractivity contribution in [1.82, 2.24) is 19.7 Å². The second kappa shape index (κ2) is 15.6. The predicted molar refractivity (Wildman–Crippen MR) is 175 cm³/mol. The van der Waals surface area contributed by atoms with Crippen LogP contribution in [-0.4, -0.2) is 80.8 Å². The van der Waals surface area contributed by atoms with Gasteiger partial charge in [-0.05, 0) is 45.0 Å². The molecule has 1 aliphatic rings. The van der Waals surface area contributed by atoms with Crippen molar-refractivity contribution in [3.63, 3.8) is 0 Å². The quantitative estimate of drug-likeness (QED) is 0.117. The van der Waals surface area contributed by atoms with Gasteiger partial charge < -0.3 is 34.3 Å². The molecule has 0 amide bonds. The normalized spacial score (nSPS) is 21.3. The molecule has 0 spiro atoms. The van der Waals surface area contributed by atoms with Crippen molar-refractivity contribution in [2.24, 2.45) is 11.8 Å². The monoisotopic (exact) mass is 705 g/mol. The van der Waals surface area contributed by atoms with E-state index in [-0.39, 0.29) is 18.2 Å². The summed E-state index contributed by atoms with van der Waals surface area (Å²) in [4.78, 5) is 42.7. The number of aliphatic hydroxyl groups is 1. The van der Waals surface area contributed by atoms with Crippen molar-refractivity contribution in [3.8, 4) is 5.75 Å². The topological polar surface area (TPSA) is 212 Å². The SMILES string of the molecule is CC(C)C(=O)O[C@@H]1[C@H](OC(=O)C(C)C)[C@@H](CO[P@](=O)(N[C@@H](C)C(=O)OCC(C)(C)O)Oc2ccccc2)O[C@H]1c1ccc2c(N)ncnn12. The minimum Gasteiger partial charge on any atom is -0.461 e. The van der Waals surface area contributed by atoms with Gasteiger partial charge in [0.15, 0.2) is 18.0 Å². The van der Waals surface area contributed by atoms with Crippen LogP contribution >= 0.6 is 7.75 Å². The summed E-state index contributed by atoms with van der Waals surface area (Å²) in [6.07, 6.45) is -3.42. The first-order valence-electron chi connectivity index (χ1n) is 15.8. The van der Waals surface area contributed by atoms with Gasteiger partial charge in [-0.3, -0.25) is 18.9 Å². The van der Waals surface area contributed by atoms with Gasteiger partial charge in [0.2, 0.25) is 0 Å². The molecule has 2 aromatic heterocycles. The first kappa shape index (κ1) is 37.7. The number of ether oxygens (including phenoxy) is 4. The maximum Gasteiger partial charge on any atom is 0.459 e. The second-order valence-corrected chi connectivity index (χ2v) is 14.6. The summed E-state index contributed by atoms with van der Waals surface area (Å²) >= 11 is 0. The van der Waals surface area contributed by atoms with Crippen LogP contribution in [0.2, 0.25) is 0 Å². The van der Waals surface area contributed by atoms with Crippen LogP contribution in [0.5, 0.6) is 5.75 Å². The molecule has 0 radical (unpaired) electrons. The van der Waals surface area contributed by atoms with Gasteiger partial charge in [0.05, 0.1) is 29.7 Å². The highest BCUT2D eigenvalue weighted by atomic mass is 31.2. The largest absolute Gasteiger partial charge is 0.461 e. The van der Waals surface area contributed by atoms with E-state index in [1.165, 1.54) is 43.7 Å². The minimum atomic E-state index is -4.42. The molecule has 3 aromatic rings. The van der Waals surface area contributed by atoms with Gasteiger partial charge in [0, 0.05) is 0 Å². The van der Waals surface area contributed by atoms with Crippen molar-refractivity contribution in [2.45, 2.75) is 84.5 Å². The van der Waals surface area contributed by atoms with E-state index < -0.39 is 80.2 Å². The van der Waals surface area contributed by atoms with Crippen LogP contribution in [-0.2, 0) is 42.4 Å². The lowest BCUT2D eigenvalue weighted by Crippen LogP contribution is -2.42. The first-order valence-corrected chi connectivity index (χ1v) is 17.3. The Kier molecular flexibility index (Phi) is 12.0. The number of rotatable bonds is 15. The van der Waals surface area contributed by atoms with Crippen molar-refractivity contribution in [2.75, 3.05) is 18.9 Å². The van der Waals surface area contributed by atoms with Gasteiger partial charge in [0.25, 0.3) is 0 Å². The highest BCUT2D eigenvalue weighted by Crippen LogP contribution is 2.47. The number of nitrogens with one attached hydrogen (secondary N) is 1. The number of hydrogen-bond donors (Lipinski definition) is 3. The number of fused-ring (bicyclic) bond motifs is 1. The molecule has 49 heavy (non-hydrogen) atoms. The van der Waals surface area contributed by atoms with Gasteiger partial charge in [-0.1, -0.05) is 45.9 Å². The third-order valence-corrected chi connectivity index (χ3v) is 8.85. The number of benzene rings is 1. The number of nitrogens with two attached hydrogens (primary N) is 1. The molecular formula is C32H44N5O11P. The number of para-hydroxylation sites is 1. The molecule has 0 aliphatic carbocycles. The van der Waals surface area contributed by atoms with Crippen LogP contribution in [0.1, 0.15) is 60.3 Å². The van der Waals surface area contributed by atoms with Gasteiger partial charge in [-0.25, -0.2) is 14.1 Å². The molecular weight excluding hydrogens is 661 g/mol. The zero-order valence-electron chi connectivity index (χ0n) is 28.5. The number of nitrogens with zero attached hydrogens (tertiary/aromatic N) is 3. The number of carbonyl (C=O) groups is 3. The maximum absolute atomic E-state index is 14.3. The molecule has 4 N–H and O–H groups in total. The van der Waals surface area contributed by atoms with Gasteiger partial charge in [-0.15, -0.1) is 0 Å². The Morgan fingerprint density at radius 1 is 1.00 bits per heavy atom. The Labute approximate surface area is 284 Å². The Morgan fingerprint density at radius 3 is 2.24 bits per heavy atom. The summed E-state index contributed by atoms with van der Waals surface area (Å²) in [5.41, 5.74) is 5.62. The summed E-state index contributed by atoms with van der Waals surface area (Å²) in [5.74, 6) is -2.78. The number of aromatic nitrogens is 3. The van der Waals surface area contributed by atoms with Crippen LogP contribution in [0.3, 0.4) is 0 Å². The summed E-state index contributed by atoms with van der Waals surface area (Å²) in [5, 5.41) is 16.8. The second-order valence-electron chi connectivity index (χ2n) is 12.9. The smallest absolute Gasteiger partial charge is 0.459 e. The molecule has 1 aliphatic heterocycles. The molecule has 17 heteroatoms. The summed E-state index contributed by atoms with van der Waals surface area (Å²) in [6.45, 7) is 10.1. The van der Waals surface area contributed by atoms with E-state index in [4.69, 9.17) is 33.7 Å². The van der Waals surface area contributed by atoms with Crippen LogP contribution in [0.4, 0.5) is 5.82 Å². The van der Waals surface area contributed by atoms with E-state index >= 15 is 0 Å². The highest BCUT2D eigenvalue weighted by Gasteiger charge is 2.52. The molecule has 1 fully saturated rings. The fourth-order valence-corrected chi connectivity index (χ4v) is 6.15. The zero-order chi connectivity index (χ0) is 36.1. The fraction of sp³-hybridized carbons (Fsp3) is 0.531. The van der Waals surface area contributed by atoms with Crippen molar-refractivity contribution in [3.05, 3.63) is 54.5 Å². The number of carbonyl (C=O) groups excluding carboxylic acids is 3. The predicted octanol–water partition coefficient (Wildman–Crippen LogP) is 3.38. The van der Waals surface area contributed by atoms with Crippen LogP contribution < -0.4 is 15.3 Å². The van der Waals surface area contributed by atoms with E-state index in [2.05, 4.69) is 15.2 Å². The summed E-state index contributed by atoms with van der Waals surface area (Å²) in [7, 11) is -4.42. The standard InChI is InChI=1S/C32H44N5O11P/c1-18(2)29(38)46-26-24(45-25(27(26)47-30(39)19(3)4)22-13-14-23-28(33)34-17-35-37(22)23)15-44-49(42,48-21-11-9-8-10-12-21)36-20(5)31(40)43-16-32(6,7)41/h8-14,17-20,24-27,41H,15-16H2,1-7H3,(H,36,42)(H2,33,34,35)/t20-,24+,25-,26+,27-,49+/m0/s1. The lowest BCUT2D eigenvalue weighted by atomic mass is 10.0. The van der Waals surface area contributed by atoms with Gasteiger partial charge in [-0.2, -0.15) is 10.2 Å². The Balaban J connectivity index is 1.68. The van der Waals surface area contributed by atoms with Crippen molar-refractivity contribution < 1.29 is 52.1 Å². The number of hydrogen-bond acceptors (Lipinski definition) is 14. The maximum atomic E-state index is 14.3. The highest BCUT2D eigenvalue weighted by molar-refractivity contribution is 7.52. The molecule has 0 saturated carbocycles. The molecule has 3 heterocycles. The van der Waals surface area contributed by atoms with Crippen LogP contribution in [0, 0.1) is 11.8 Å². The zero-order valence-corrected chi connectivity index (χ0v) is 29.4. The van der Waals surface area contributed by atoms with Gasteiger partial charge >= 0.3 is 25.7 Å². The third kappa shape index (κ3) is 9.76. The molecule has 16 nitrogen and oxygen atoms in total. The summed E-state index contributed by atoms with van der Waals surface area (Å²) in [6, 6.07) is 10.2. The first-order chi connectivity index (χ1) is 23.0. The fourth-order valence-electron chi connectivity index (χ4n) is 4.64. The molecule has 4 rings (SSSR count). The number of esters is 3. The number of anilines is 1. The van der Waals surface area contributed by atoms with Gasteiger partial charge in [0.1, 0.15) is 42.5 Å². The van der Waals surface area contributed by atoms with Crippen molar-refractivity contribution in [1.29, 1.82) is 0 Å². The Hall–Kier alpha value is -4.08. The minimum absolute atomic E-state index is 0.157. The van der Waals surface area contributed by atoms with E-state index in [0.29, 0.717) is 11.2 Å². The average Bonchev–Trinajstić information content (AvgIpc) is 3.60. The average molecular weight is 706 g/mol. The lowest BCUT2D eigenvalue weighted by Gasteiger charge is -2.27. The number of nitrogen functional groups attached to an aromatic ring is 1. The molecule has 0 unspecified atom stereocenters. The Morgan fingerprint density at radius 2 is 1.63 bits per heavy atom. The summed E-state index contributed by atoms with van der Waals surface area (Å²) < 4.78 is 50.7. The lowest BCUT2D eigenvalue weighted by molar-refractivity contribution is -0.171. The molecule has 0 bridgehead atoms. The van der Waals surface area contributed by atoms with Crippen LogP contribution in [0.15, 0.2) is 48.8 Å². The molecule has 268 valence electrons. The van der Waals surface area contributed by atoms with E-state index in [0.717, 1.165) is 0 Å². The third-order valence-electron chi connectivity index (χ3n) is 7.21.